The number of aliphatic hydroxyl groups is 1. The third-order valence-corrected chi connectivity index (χ3v) is 4.37. The average molecular weight is 298 g/mol. The van der Waals surface area contributed by atoms with E-state index < -0.39 is 0 Å². The van der Waals surface area contributed by atoms with Crippen molar-refractivity contribution in [1.29, 1.82) is 0 Å². The summed E-state index contributed by atoms with van der Waals surface area (Å²) < 4.78 is 5.58. The van der Waals surface area contributed by atoms with E-state index in [4.69, 9.17) is 21.3 Å². The predicted molar refractivity (Wildman–Crippen MR) is 77.4 cm³/mol. The van der Waals surface area contributed by atoms with Crippen molar-refractivity contribution < 1.29 is 9.84 Å². The molecule has 2 atom stereocenters. The van der Waals surface area contributed by atoms with E-state index in [9.17, 15) is 5.11 Å². The number of hydrogen-bond donors (Lipinski definition) is 1. The molecule has 1 aromatic heterocycles. The van der Waals surface area contributed by atoms with Crippen LogP contribution in [0.2, 0.25) is 5.15 Å². The molecule has 0 radical (unpaired) electrons. The van der Waals surface area contributed by atoms with Gasteiger partial charge in [0, 0.05) is 18.0 Å². The zero-order chi connectivity index (χ0) is 14.3. The van der Waals surface area contributed by atoms with Crippen molar-refractivity contribution >= 4 is 17.4 Å². The Morgan fingerprint density at radius 1 is 1.40 bits per heavy atom. The normalized spacial score (nSPS) is 26.9. The summed E-state index contributed by atoms with van der Waals surface area (Å²) >= 11 is 6.27. The molecule has 1 aromatic rings. The highest BCUT2D eigenvalue weighted by Gasteiger charge is 2.32. The van der Waals surface area contributed by atoms with E-state index in [0.717, 1.165) is 30.0 Å². The maximum Gasteiger partial charge on any atom is 0.137 e. The fourth-order valence-electron chi connectivity index (χ4n) is 2.52. The number of nitrogens with zero attached hydrogens (tertiary/aromatic N) is 3. The maximum absolute atomic E-state index is 9.31. The molecule has 0 amide bonds. The minimum atomic E-state index is -0.163. The molecule has 0 aromatic carbocycles. The molecule has 3 rings (SSSR count). The minimum Gasteiger partial charge on any atom is -0.394 e. The van der Waals surface area contributed by atoms with Crippen LogP contribution in [-0.2, 0) is 4.74 Å². The van der Waals surface area contributed by atoms with Crippen LogP contribution in [-0.4, -0.2) is 47.0 Å². The summed E-state index contributed by atoms with van der Waals surface area (Å²) in [5.74, 6) is 2.22. The molecular weight excluding hydrogens is 278 g/mol. The van der Waals surface area contributed by atoms with Gasteiger partial charge in [0.2, 0.25) is 0 Å². The van der Waals surface area contributed by atoms with Gasteiger partial charge >= 0.3 is 0 Å². The van der Waals surface area contributed by atoms with Crippen LogP contribution in [0.15, 0.2) is 0 Å². The Morgan fingerprint density at radius 3 is 2.80 bits per heavy atom. The minimum absolute atomic E-state index is 0.0244. The van der Waals surface area contributed by atoms with Gasteiger partial charge in [-0.2, -0.15) is 0 Å². The summed E-state index contributed by atoms with van der Waals surface area (Å²) in [6.45, 7) is 5.29. The fraction of sp³-hybridized carbons (Fsp3) is 0.714. The van der Waals surface area contributed by atoms with Crippen molar-refractivity contribution in [3.63, 3.8) is 0 Å². The van der Waals surface area contributed by atoms with Gasteiger partial charge in [0.25, 0.3) is 0 Å². The van der Waals surface area contributed by atoms with Crippen LogP contribution < -0.4 is 4.90 Å². The second-order valence-electron chi connectivity index (χ2n) is 5.73. The third kappa shape index (κ3) is 2.62. The Morgan fingerprint density at radius 2 is 2.15 bits per heavy atom. The quantitative estimate of drug-likeness (QED) is 0.864. The van der Waals surface area contributed by atoms with Crippen LogP contribution in [0.25, 0.3) is 0 Å². The molecule has 2 aliphatic rings. The Kier molecular flexibility index (Phi) is 3.84. The second-order valence-corrected chi connectivity index (χ2v) is 6.09. The topological polar surface area (TPSA) is 58.5 Å². The van der Waals surface area contributed by atoms with Crippen molar-refractivity contribution in [2.75, 3.05) is 24.7 Å². The number of anilines is 1. The Bertz CT molecular complexity index is 507. The van der Waals surface area contributed by atoms with Crippen LogP contribution in [0.1, 0.15) is 37.1 Å². The van der Waals surface area contributed by atoms with E-state index in [2.05, 4.69) is 16.8 Å². The molecule has 110 valence electrons. The number of ether oxygens (including phenoxy) is 1. The highest BCUT2D eigenvalue weighted by atomic mass is 35.5. The van der Waals surface area contributed by atoms with E-state index in [1.807, 2.05) is 6.92 Å². The van der Waals surface area contributed by atoms with Crippen LogP contribution in [0.4, 0.5) is 5.82 Å². The van der Waals surface area contributed by atoms with Gasteiger partial charge in [-0.15, -0.1) is 0 Å². The van der Waals surface area contributed by atoms with E-state index in [0.29, 0.717) is 24.2 Å². The highest BCUT2D eigenvalue weighted by Crippen LogP contribution is 2.40. The summed E-state index contributed by atoms with van der Waals surface area (Å²) in [7, 11) is 0. The number of aromatic nitrogens is 2. The lowest BCUT2D eigenvalue weighted by atomic mass is 10.1. The molecule has 1 aliphatic heterocycles. The van der Waals surface area contributed by atoms with Crippen molar-refractivity contribution in [3.8, 4) is 0 Å². The van der Waals surface area contributed by atoms with Crippen molar-refractivity contribution in [2.24, 2.45) is 0 Å². The van der Waals surface area contributed by atoms with Crippen LogP contribution in [0, 0.1) is 6.92 Å². The van der Waals surface area contributed by atoms with E-state index >= 15 is 0 Å². The standard InChI is InChI=1S/C14H20ClN3O2/c1-8-7-20-11(6-19)5-18(8)14-9(2)12(15)16-13(17-14)10-3-4-10/h8,10-11,19H,3-7H2,1-2H3. The first-order valence-electron chi connectivity index (χ1n) is 7.13. The van der Waals surface area contributed by atoms with E-state index in [-0.39, 0.29) is 18.8 Å². The lowest BCUT2D eigenvalue weighted by molar-refractivity contribution is -0.0106. The van der Waals surface area contributed by atoms with E-state index in [1.54, 1.807) is 0 Å². The number of aliphatic hydroxyl groups excluding tert-OH is 1. The number of halogens is 1. The van der Waals surface area contributed by atoms with Crippen LogP contribution in [0.3, 0.4) is 0 Å². The summed E-state index contributed by atoms with van der Waals surface area (Å²) in [5, 5.41) is 9.85. The Hall–Kier alpha value is -0.910. The SMILES string of the molecule is Cc1c(Cl)nc(C2CC2)nc1N1CC(CO)OCC1C. The molecule has 1 aliphatic carbocycles. The first-order chi connectivity index (χ1) is 9.60. The molecule has 0 bridgehead atoms. The van der Waals surface area contributed by atoms with Gasteiger partial charge in [0.15, 0.2) is 0 Å². The van der Waals surface area contributed by atoms with E-state index in [1.165, 1.54) is 0 Å². The number of morpholine rings is 1. The lowest BCUT2D eigenvalue weighted by Crippen LogP contribution is -2.50. The third-order valence-electron chi connectivity index (χ3n) is 4.00. The molecule has 1 saturated heterocycles. The molecule has 2 fully saturated rings. The molecule has 20 heavy (non-hydrogen) atoms. The first-order valence-corrected chi connectivity index (χ1v) is 7.51. The zero-order valence-corrected chi connectivity index (χ0v) is 12.6. The average Bonchev–Trinajstić information content (AvgIpc) is 3.27. The second kappa shape index (κ2) is 5.47. The van der Waals surface area contributed by atoms with Crippen LogP contribution >= 0.6 is 11.6 Å². The monoisotopic (exact) mass is 297 g/mol. The van der Waals surface area contributed by atoms with Gasteiger partial charge in [-0.1, -0.05) is 11.6 Å². The molecule has 2 unspecified atom stereocenters. The molecule has 6 heteroatoms. The van der Waals surface area contributed by atoms with Gasteiger partial charge in [-0.05, 0) is 26.7 Å². The van der Waals surface area contributed by atoms with Crippen molar-refractivity contribution in [3.05, 3.63) is 16.5 Å². The van der Waals surface area contributed by atoms with Crippen LogP contribution in [0.5, 0.6) is 0 Å². The first kappa shape index (κ1) is 14.0. The summed E-state index contributed by atoms with van der Waals surface area (Å²) in [5.41, 5.74) is 0.904. The van der Waals surface area contributed by atoms with Gasteiger partial charge < -0.3 is 14.7 Å². The smallest absolute Gasteiger partial charge is 0.137 e. The van der Waals surface area contributed by atoms with Gasteiger partial charge in [0.1, 0.15) is 16.8 Å². The fourth-order valence-corrected chi connectivity index (χ4v) is 2.69. The molecule has 1 N–H and O–H groups in total. The molecule has 5 nitrogen and oxygen atoms in total. The maximum atomic E-state index is 9.31. The number of hydrogen-bond acceptors (Lipinski definition) is 5. The molecule has 1 saturated carbocycles. The largest absolute Gasteiger partial charge is 0.394 e. The zero-order valence-electron chi connectivity index (χ0n) is 11.8. The summed E-state index contributed by atoms with van der Waals surface area (Å²) in [4.78, 5) is 11.3. The lowest BCUT2D eigenvalue weighted by Gasteiger charge is -2.39. The predicted octanol–water partition coefficient (Wildman–Crippen LogP) is 1.90. The van der Waals surface area contributed by atoms with Gasteiger partial charge in [-0.3, -0.25) is 0 Å². The highest BCUT2D eigenvalue weighted by molar-refractivity contribution is 6.30. The molecular formula is C14H20ClN3O2. The van der Waals surface area contributed by atoms with Crippen molar-refractivity contribution in [2.45, 2.75) is 44.8 Å². The molecule has 2 heterocycles. The Labute approximate surface area is 123 Å². The number of rotatable bonds is 3. The Balaban J connectivity index is 1.94. The summed E-state index contributed by atoms with van der Waals surface area (Å²) in [6, 6.07) is 0.217. The summed E-state index contributed by atoms with van der Waals surface area (Å²) in [6.07, 6.45) is 2.14. The van der Waals surface area contributed by atoms with Gasteiger partial charge in [0.05, 0.1) is 25.4 Å². The molecule has 0 spiro atoms. The van der Waals surface area contributed by atoms with Crippen molar-refractivity contribution in [1.82, 2.24) is 9.97 Å². The van der Waals surface area contributed by atoms with Gasteiger partial charge in [-0.25, -0.2) is 9.97 Å².